The minimum absolute atomic E-state index is 0.571. The van der Waals surface area contributed by atoms with Crippen molar-refractivity contribution in [1.82, 2.24) is 9.88 Å². The second kappa shape index (κ2) is 6.72. The van der Waals surface area contributed by atoms with E-state index in [0.29, 0.717) is 6.04 Å². The maximum absolute atomic E-state index is 4.34. The molecule has 1 aliphatic heterocycles. The molecule has 0 amide bonds. The van der Waals surface area contributed by atoms with Crippen molar-refractivity contribution in [3.63, 3.8) is 0 Å². The number of aromatic nitrogens is 1. The number of likely N-dealkylation sites (tertiary alicyclic amines) is 1. The van der Waals surface area contributed by atoms with Gasteiger partial charge in [0, 0.05) is 31.4 Å². The second-order valence-electron chi connectivity index (χ2n) is 5.87. The van der Waals surface area contributed by atoms with Crippen LogP contribution in [0.3, 0.4) is 0 Å². The summed E-state index contributed by atoms with van der Waals surface area (Å²) < 4.78 is 0. The Kier molecular flexibility index (Phi) is 4.51. The van der Waals surface area contributed by atoms with Gasteiger partial charge in [0.05, 0.1) is 11.9 Å². The fourth-order valence-corrected chi connectivity index (χ4v) is 2.87. The van der Waals surface area contributed by atoms with Crippen molar-refractivity contribution in [3.8, 4) is 0 Å². The molecule has 2 heterocycles. The molecule has 3 heteroatoms. The number of piperidine rings is 1. The highest BCUT2D eigenvalue weighted by Crippen LogP contribution is 2.17. The number of pyridine rings is 1. The lowest BCUT2D eigenvalue weighted by atomic mass is 10.0. The maximum Gasteiger partial charge on any atom is 0.0529 e. The number of nitrogens with one attached hydrogen (secondary N) is 1. The quantitative estimate of drug-likeness (QED) is 0.930. The highest BCUT2D eigenvalue weighted by molar-refractivity contribution is 5.41. The Morgan fingerprint density at radius 3 is 2.52 bits per heavy atom. The molecule has 1 N–H and O–H groups in total. The summed E-state index contributed by atoms with van der Waals surface area (Å²) in [5, 5.41) is 3.60. The van der Waals surface area contributed by atoms with Gasteiger partial charge in [-0.15, -0.1) is 0 Å². The van der Waals surface area contributed by atoms with E-state index < -0.39 is 0 Å². The molecule has 0 spiro atoms. The first-order chi connectivity index (χ1) is 10.3. The molecule has 3 nitrogen and oxygen atoms in total. The summed E-state index contributed by atoms with van der Waals surface area (Å²) in [6.45, 7) is 5.41. The van der Waals surface area contributed by atoms with Gasteiger partial charge in [-0.05, 0) is 37.5 Å². The number of hydrogen-bond donors (Lipinski definition) is 1. The molecule has 1 fully saturated rings. The summed E-state index contributed by atoms with van der Waals surface area (Å²) in [7, 11) is 0. The zero-order valence-corrected chi connectivity index (χ0v) is 12.6. The summed E-state index contributed by atoms with van der Waals surface area (Å²) in [6, 6.07) is 15.5. The van der Waals surface area contributed by atoms with Crippen LogP contribution in [-0.2, 0) is 6.54 Å². The highest BCUT2D eigenvalue weighted by atomic mass is 15.1. The van der Waals surface area contributed by atoms with Crippen LogP contribution in [0.5, 0.6) is 0 Å². The van der Waals surface area contributed by atoms with Gasteiger partial charge in [0.25, 0.3) is 0 Å². The van der Waals surface area contributed by atoms with Gasteiger partial charge in [-0.3, -0.25) is 9.88 Å². The lowest BCUT2D eigenvalue weighted by Gasteiger charge is -2.32. The van der Waals surface area contributed by atoms with Crippen LogP contribution in [0.1, 0.15) is 24.1 Å². The number of nitrogens with zero attached hydrogens (tertiary/aromatic N) is 2. The standard InChI is InChI=1S/C18H23N3/c1-15-7-8-18(13-19-15)20-17-9-11-21(12-10-17)14-16-5-3-2-4-6-16/h2-8,13,17,20H,9-12,14H2,1H3. The predicted octanol–water partition coefficient (Wildman–Crippen LogP) is 3.47. The van der Waals surface area contributed by atoms with Gasteiger partial charge in [0.2, 0.25) is 0 Å². The Bertz CT molecular complexity index is 542. The minimum Gasteiger partial charge on any atom is -0.381 e. The van der Waals surface area contributed by atoms with Crippen LogP contribution < -0.4 is 5.32 Å². The van der Waals surface area contributed by atoms with Gasteiger partial charge in [-0.2, -0.15) is 0 Å². The van der Waals surface area contributed by atoms with Crippen molar-refractivity contribution in [2.45, 2.75) is 32.4 Å². The predicted molar refractivity (Wildman–Crippen MR) is 87.3 cm³/mol. The monoisotopic (exact) mass is 281 g/mol. The van der Waals surface area contributed by atoms with E-state index in [1.165, 1.54) is 18.4 Å². The van der Waals surface area contributed by atoms with Crippen molar-refractivity contribution in [1.29, 1.82) is 0 Å². The molecular weight excluding hydrogens is 258 g/mol. The van der Waals surface area contributed by atoms with E-state index in [1.54, 1.807) is 0 Å². The highest BCUT2D eigenvalue weighted by Gasteiger charge is 2.18. The number of hydrogen-bond acceptors (Lipinski definition) is 3. The van der Waals surface area contributed by atoms with Crippen LogP contribution in [0.4, 0.5) is 5.69 Å². The molecule has 0 aliphatic carbocycles. The van der Waals surface area contributed by atoms with E-state index in [1.807, 2.05) is 13.1 Å². The zero-order valence-electron chi connectivity index (χ0n) is 12.6. The number of anilines is 1. The molecule has 21 heavy (non-hydrogen) atoms. The topological polar surface area (TPSA) is 28.2 Å². The summed E-state index contributed by atoms with van der Waals surface area (Å²) in [5.74, 6) is 0. The molecule has 1 saturated heterocycles. The van der Waals surface area contributed by atoms with Crippen molar-refractivity contribution in [2.75, 3.05) is 18.4 Å². The van der Waals surface area contributed by atoms with Crippen LogP contribution in [0, 0.1) is 6.92 Å². The first-order valence-corrected chi connectivity index (χ1v) is 7.75. The van der Waals surface area contributed by atoms with Gasteiger partial charge in [0.15, 0.2) is 0 Å². The average Bonchev–Trinajstić information content (AvgIpc) is 2.53. The molecule has 3 rings (SSSR count). The van der Waals surface area contributed by atoms with Crippen LogP contribution in [0.2, 0.25) is 0 Å². The largest absolute Gasteiger partial charge is 0.381 e. The smallest absolute Gasteiger partial charge is 0.0529 e. The SMILES string of the molecule is Cc1ccc(NC2CCN(Cc3ccccc3)CC2)cn1. The van der Waals surface area contributed by atoms with E-state index >= 15 is 0 Å². The maximum atomic E-state index is 4.34. The van der Waals surface area contributed by atoms with Crippen molar-refractivity contribution >= 4 is 5.69 Å². The third-order valence-corrected chi connectivity index (χ3v) is 4.12. The lowest BCUT2D eigenvalue weighted by Crippen LogP contribution is -2.38. The third kappa shape index (κ3) is 4.05. The van der Waals surface area contributed by atoms with E-state index in [2.05, 4.69) is 57.7 Å². The Labute approximate surface area is 127 Å². The van der Waals surface area contributed by atoms with Crippen molar-refractivity contribution in [3.05, 3.63) is 59.9 Å². The number of rotatable bonds is 4. The molecule has 2 aromatic rings. The van der Waals surface area contributed by atoms with E-state index in [0.717, 1.165) is 31.0 Å². The molecule has 1 aromatic carbocycles. The Morgan fingerprint density at radius 1 is 1.10 bits per heavy atom. The number of aryl methyl sites for hydroxylation is 1. The van der Waals surface area contributed by atoms with Crippen molar-refractivity contribution < 1.29 is 0 Å². The van der Waals surface area contributed by atoms with E-state index in [9.17, 15) is 0 Å². The van der Waals surface area contributed by atoms with Crippen LogP contribution in [0.15, 0.2) is 48.7 Å². The molecular formula is C18H23N3. The first kappa shape index (κ1) is 14.1. The second-order valence-corrected chi connectivity index (χ2v) is 5.87. The average molecular weight is 281 g/mol. The normalized spacial score (nSPS) is 16.8. The molecule has 1 aromatic heterocycles. The molecule has 1 aliphatic rings. The molecule has 0 radical (unpaired) electrons. The van der Waals surface area contributed by atoms with Crippen LogP contribution in [0.25, 0.3) is 0 Å². The lowest BCUT2D eigenvalue weighted by molar-refractivity contribution is 0.211. The molecule has 0 bridgehead atoms. The summed E-state index contributed by atoms with van der Waals surface area (Å²) in [4.78, 5) is 6.89. The Morgan fingerprint density at radius 2 is 1.86 bits per heavy atom. The Hall–Kier alpha value is -1.87. The van der Waals surface area contributed by atoms with E-state index in [-0.39, 0.29) is 0 Å². The van der Waals surface area contributed by atoms with Gasteiger partial charge < -0.3 is 5.32 Å². The third-order valence-electron chi connectivity index (χ3n) is 4.12. The molecule has 0 atom stereocenters. The van der Waals surface area contributed by atoms with Gasteiger partial charge in [0.1, 0.15) is 0 Å². The Balaban J connectivity index is 1.47. The fraction of sp³-hybridized carbons (Fsp3) is 0.389. The van der Waals surface area contributed by atoms with Crippen molar-refractivity contribution in [2.24, 2.45) is 0 Å². The van der Waals surface area contributed by atoms with Crippen LogP contribution in [-0.4, -0.2) is 29.0 Å². The number of benzene rings is 1. The van der Waals surface area contributed by atoms with Gasteiger partial charge in [-0.25, -0.2) is 0 Å². The molecule has 110 valence electrons. The van der Waals surface area contributed by atoms with E-state index in [4.69, 9.17) is 0 Å². The summed E-state index contributed by atoms with van der Waals surface area (Å²) in [6.07, 6.45) is 4.33. The van der Waals surface area contributed by atoms with Crippen LogP contribution >= 0.6 is 0 Å². The van der Waals surface area contributed by atoms with Gasteiger partial charge in [-0.1, -0.05) is 30.3 Å². The molecule has 0 unspecified atom stereocenters. The zero-order chi connectivity index (χ0) is 14.5. The summed E-state index contributed by atoms with van der Waals surface area (Å²) >= 11 is 0. The first-order valence-electron chi connectivity index (χ1n) is 7.75. The fourth-order valence-electron chi connectivity index (χ4n) is 2.87. The molecule has 0 saturated carbocycles. The minimum atomic E-state index is 0.571. The summed E-state index contributed by atoms with van der Waals surface area (Å²) in [5.41, 5.74) is 3.62. The van der Waals surface area contributed by atoms with Gasteiger partial charge >= 0.3 is 0 Å².